The molecule has 152 valence electrons. The Kier molecular flexibility index (Phi) is 5.97. The van der Waals surface area contributed by atoms with Crippen molar-refractivity contribution in [2.45, 2.75) is 18.9 Å². The second-order valence-electron chi connectivity index (χ2n) is 7.99. The highest BCUT2D eigenvalue weighted by atomic mass is 16.5. The van der Waals surface area contributed by atoms with E-state index < -0.39 is 0 Å². The second kappa shape index (κ2) is 8.80. The number of anilines is 1. The normalized spacial score (nSPS) is 15.8. The molecular weight excluding hydrogens is 360 g/mol. The van der Waals surface area contributed by atoms with Crippen LogP contribution in [-0.2, 0) is 0 Å². The van der Waals surface area contributed by atoms with E-state index in [4.69, 9.17) is 10.5 Å². The van der Waals surface area contributed by atoms with Crippen LogP contribution in [0.15, 0.2) is 54.6 Å². The van der Waals surface area contributed by atoms with E-state index >= 15 is 0 Å². The Morgan fingerprint density at radius 2 is 1.76 bits per heavy atom. The van der Waals surface area contributed by atoms with Gasteiger partial charge in [-0.3, -0.25) is 4.90 Å². The molecule has 2 heterocycles. The zero-order chi connectivity index (χ0) is 20.2. The molecule has 0 spiro atoms. The van der Waals surface area contributed by atoms with Gasteiger partial charge in [-0.2, -0.15) is 0 Å². The molecule has 0 radical (unpaired) electrons. The Balaban J connectivity index is 1.46. The Hall–Kier alpha value is -2.63. The molecule has 0 unspecified atom stereocenters. The lowest BCUT2D eigenvalue weighted by molar-refractivity contribution is 0.128. The number of fused-ring (bicyclic) bond motifs is 1. The molecule has 0 saturated carbocycles. The largest absolute Gasteiger partial charge is 0.492 e. The van der Waals surface area contributed by atoms with Crippen molar-refractivity contribution in [1.82, 2.24) is 14.8 Å². The first-order chi connectivity index (χ1) is 14.1. The highest BCUT2D eigenvalue weighted by molar-refractivity contribution is 5.99. The summed E-state index contributed by atoms with van der Waals surface area (Å²) in [5, 5.41) is 2.25. The lowest BCUT2D eigenvalue weighted by Crippen LogP contribution is -2.43. The summed E-state index contributed by atoms with van der Waals surface area (Å²) in [6, 6.07) is 18.9. The summed E-state index contributed by atoms with van der Waals surface area (Å²) in [5.41, 5.74) is 7.85. The minimum absolute atomic E-state index is 0.532. The minimum atomic E-state index is 0.532. The number of benzene rings is 2. The average molecular weight is 391 g/mol. The number of nitrogens with zero attached hydrogens (tertiary/aromatic N) is 3. The molecule has 4 rings (SSSR count). The van der Waals surface area contributed by atoms with Crippen molar-refractivity contribution in [2.75, 3.05) is 46.1 Å². The third-order valence-corrected chi connectivity index (χ3v) is 5.88. The fourth-order valence-corrected chi connectivity index (χ4v) is 4.17. The first-order valence-corrected chi connectivity index (χ1v) is 10.4. The first kappa shape index (κ1) is 19.7. The van der Waals surface area contributed by atoms with Gasteiger partial charge >= 0.3 is 0 Å². The van der Waals surface area contributed by atoms with Gasteiger partial charge < -0.3 is 15.4 Å². The van der Waals surface area contributed by atoms with E-state index in [2.05, 4.69) is 65.3 Å². The van der Waals surface area contributed by atoms with Gasteiger partial charge in [0.2, 0.25) is 0 Å². The van der Waals surface area contributed by atoms with E-state index in [1.807, 2.05) is 18.2 Å². The van der Waals surface area contributed by atoms with Crippen molar-refractivity contribution in [1.29, 1.82) is 0 Å². The summed E-state index contributed by atoms with van der Waals surface area (Å²) >= 11 is 0. The van der Waals surface area contributed by atoms with Gasteiger partial charge in [-0.05, 0) is 69.7 Å². The number of piperidine rings is 1. The molecular formula is C24H30N4O. The molecule has 2 aromatic carbocycles. The van der Waals surface area contributed by atoms with Crippen LogP contribution in [0.5, 0.6) is 5.75 Å². The van der Waals surface area contributed by atoms with Crippen LogP contribution in [0, 0.1) is 0 Å². The van der Waals surface area contributed by atoms with E-state index in [1.165, 1.54) is 12.8 Å². The second-order valence-corrected chi connectivity index (χ2v) is 7.99. The van der Waals surface area contributed by atoms with Gasteiger partial charge in [0.15, 0.2) is 0 Å². The van der Waals surface area contributed by atoms with Gasteiger partial charge in [-0.15, -0.1) is 0 Å². The van der Waals surface area contributed by atoms with Crippen LogP contribution in [0.1, 0.15) is 12.8 Å². The lowest BCUT2D eigenvalue weighted by atomic mass is 10.0. The van der Waals surface area contributed by atoms with E-state index in [9.17, 15) is 0 Å². The lowest BCUT2D eigenvalue weighted by Gasteiger charge is -2.35. The zero-order valence-electron chi connectivity index (χ0n) is 17.3. The highest BCUT2D eigenvalue weighted by Crippen LogP contribution is 2.34. The topological polar surface area (TPSA) is 54.6 Å². The van der Waals surface area contributed by atoms with Crippen molar-refractivity contribution in [3.05, 3.63) is 54.6 Å². The van der Waals surface area contributed by atoms with Gasteiger partial charge in [-0.25, -0.2) is 4.98 Å². The molecule has 0 amide bonds. The number of pyridine rings is 1. The molecule has 1 fully saturated rings. The van der Waals surface area contributed by atoms with Crippen LogP contribution < -0.4 is 10.5 Å². The van der Waals surface area contributed by atoms with E-state index in [1.54, 1.807) is 0 Å². The van der Waals surface area contributed by atoms with Crippen molar-refractivity contribution < 1.29 is 4.74 Å². The smallest absolute Gasteiger partial charge is 0.127 e. The molecule has 1 aliphatic heterocycles. The Labute approximate surface area is 173 Å². The molecule has 5 nitrogen and oxygen atoms in total. The van der Waals surface area contributed by atoms with Crippen molar-refractivity contribution in [3.63, 3.8) is 0 Å². The summed E-state index contributed by atoms with van der Waals surface area (Å²) < 4.78 is 6.21. The Bertz CT molecular complexity index is 964. The van der Waals surface area contributed by atoms with Crippen molar-refractivity contribution >= 4 is 16.6 Å². The van der Waals surface area contributed by atoms with Gasteiger partial charge in [0, 0.05) is 23.5 Å². The molecule has 1 saturated heterocycles. The van der Waals surface area contributed by atoms with Crippen molar-refractivity contribution in [3.8, 4) is 17.0 Å². The molecule has 0 aliphatic carbocycles. The summed E-state index contributed by atoms with van der Waals surface area (Å²) in [6.45, 7) is 3.96. The Morgan fingerprint density at radius 1 is 1.00 bits per heavy atom. The van der Waals surface area contributed by atoms with Crippen LogP contribution in [0.25, 0.3) is 22.0 Å². The van der Waals surface area contributed by atoms with E-state index in [0.717, 1.165) is 47.4 Å². The number of aromatic nitrogens is 1. The fraction of sp³-hybridized carbons (Fsp3) is 0.375. The third-order valence-electron chi connectivity index (χ3n) is 5.88. The average Bonchev–Trinajstić information content (AvgIpc) is 2.74. The standard InChI is InChI=1S/C24H30N4O/c1-27(2)18-12-14-28(15-13-18)16-17-29-23-11-10-20(19-6-3-4-7-21(19)23)22-8-5-9-24(25)26-22/h3-11,18H,12-17H2,1-2H3,(H2,25,26). The van der Waals surface area contributed by atoms with Gasteiger partial charge in [-0.1, -0.05) is 30.3 Å². The number of nitrogen functional groups attached to an aromatic ring is 1. The minimum Gasteiger partial charge on any atom is -0.492 e. The van der Waals surface area contributed by atoms with Crippen molar-refractivity contribution in [2.24, 2.45) is 0 Å². The molecule has 0 bridgehead atoms. The van der Waals surface area contributed by atoms with Crippen LogP contribution in [0.4, 0.5) is 5.82 Å². The monoisotopic (exact) mass is 390 g/mol. The number of hydrogen-bond acceptors (Lipinski definition) is 5. The predicted octanol–water partition coefficient (Wildman–Crippen LogP) is 3.89. The number of hydrogen-bond donors (Lipinski definition) is 1. The van der Waals surface area contributed by atoms with Gasteiger partial charge in [0.05, 0.1) is 5.69 Å². The predicted molar refractivity (Wildman–Crippen MR) is 120 cm³/mol. The number of likely N-dealkylation sites (tertiary alicyclic amines) is 1. The summed E-state index contributed by atoms with van der Waals surface area (Å²) in [7, 11) is 4.36. The van der Waals surface area contributed by atoms with Crippen LogP contribution in [0.2, 0.25) is 0 Å². The summed E-state index contributed by atoms with van der Waals surface area (Å²) in [6.07, 6.45) is 2.47. The van der Waals surface area contributed by atoms with Gasteiger partial charge in [0.25, 0.3) is 0 Å². The number of ether oxygens (including phenoxy) is 1. The van der Waals surface area contributed by atoms with Crippen LogP contribution in [0.3, 0.4) is 0 Å². The maximum absolute atomic E-state index is 6.21. The third kappa shape index (κ3) is 4.52. The quantitative estimate of drug-likeness (QED) is 0.692. The maximum atomic E-state index is 6.21. The molecule has 29 heavy (non-hydrogen) atoms. The summed E-state index contributed by atoms with van der Waals surface area (Å²) in [5.74, 6) is 1.46. The molecule has 1 aliphatic rings. The van der Waals surface area contributed by atoms with E-state index in [0.29, 0.717) is 18.5 Å². The van der Waals surface area contributed by atoms with Gasteiger partial charge in [0.1, 0.15) is 18.2 Å². The molecule has 1 aromatic heterocycles. The molecule has 0 atom stereocenters. The maximum Gasteiger partial charge on any atom is 0.127 e. The van der Waals surface area contributed by atoms with Crippen LogP contribution >= 0.6 is 0 Å². The fourth-order valence-electron chi connectivity index (χ4n) is 4.17. The highest BCUT2D eigenvalue weighted by Gasteiger charge is 2.20. The Morgan fingerprint density at radius 3 is 2.48 bits per heavy atom. The number of nitrogens with two attached hydrogens (primary N) is 1. The molecule has 2 N–H and O–H groups in total. The molecule has 5 heteroatoms. The zero-order valence-corrected chi connectivity index (χ0v) is 17.3. The first-order valence-electron chi connectivity index (χ1n) is 10.4. The molecule has 3 aromatic rings. The summed E-state index contributed by atoms with van der Waals surface area (Å²) in [4.78, 5) is 9.34. The van der Waals surface area contributed by atoms with Crippen LogP contribution in [-0.4, -0.2) is 61.2 Å². The number of rotatable bonds is 6. The van der Waals surface area contributed by atoms with E-state index in [-0.39, 0.29) is 0 Å². The SMILES string of the molecule is CN(C)C1CCN(CCOc2ccc(-c3cccc(N)n3)c3ccccc23)CC1.